The average molecular weight is 301 g/mol. The number of hydrogen-bond donors (Lipinski definition) is 1. The fraction of sp³-hybridized carbons (Fsp3) is 0.526. The lowest BCUT2D eigenvalue weighted by molar-refractivity contribution is 0.0743. The van der Waals surface area contributed by atoms with E-state index in [0.717, 1.165) is 16.8 Å². The van der Waals surface area contributed by atoms with Crippen LogP contribution in [0.15, 0.2) is 30.4 Å². The van der Waals surface area contributed by atoms with Crippen molar-refractivity contribution in [2.45, 2.75) is 52.7 Å². The van der Waals surface area contributed by atoms with Crippen LogP contribution in [0.3, 0.4) is 0 Å². The molecule has 2 unspecified atom stereocenters. The molecule has 3 heteroatoms. The highest BCUT2D eigenvalue weighted by Crippen LogP contribution is 2.53. The van der Waals surface area contributed by atoms with Crippen molar-refractivity contribution in [3.05, 3.63) is 41.5 Å². The van der Waals surface area contributed by atoms with Gasteiger partial charge in [0.15, 0.2) is 5.78 Å². The van der Waals surface area contributed by atoms with Gasteiger partial charge in [-0.25, -0.2) is 0 Å². The number of carbonyl (C=O) groups excluding carboxylic acids is 1. The summed E-state index contributed by atoms with van der Waals surface area (Å²) in [5.41, 5.74) is 4.17. The molecule has 3 atom stereocenters. The number of ether oxygens (including phenoxy) is 1. The molecule has 0 saturated heterocycles. The van der Waals surface area contributed by atoms with Gasteiger partial charge in [-0.15, -0.1) is 0 Å². The van der Waals surface area contributed by atoms with Gasteiger partial charge in [0.1, 0.15) is 0 Å². The minimum Gasteiger partial charge on any atom is -0.380 e. The van der Waals surface area contributed by atoms with Crippen molar-refractivity contribution < 1.29 is 9.53 Å². The number of nitrogens with one attached hydrogen (secondary N) is 1. The van der Waals surface area contributed by atoms with Gasteiger partial charge in [0, 0.05) is 23.2 Å². The largest absolute Gasteiger partial charge is 0.380 e. The van der Waals surface area contributed by atoms with Crippen molar-refractivity contribution >= 4 is 11.5 Å². The van der Waals surface area contributed by atoms with Crippen LogP contribution in [0.5, 0.6) is 0 Å². The van der Waals surface area contributed by atoms with Crippen molar-refractivity contribution in [3.8, 4) is 0 Å². The summed E-state index contributed by atoms with van der Waals surface area (Å²) in [4.78, 5) is 11.9. The van der Waals surface area contributed by atoms with Gasteiger partial charge < -0.3 is 10.1 Å². The molecule has 0 aliphatic heterocycles. The molecule has 2 rings (SSSR count). The molecule has 1 saturated carbocycles. The van der Waals surface area contributed by atoms with Gasteiger partial charge in [-0.1, -0.05) is 19.1 Å². The van der Waals surface area contributed by atoms with Crippen LogP contribution in [0, 0.1) is 5.92 Å². The minimum absolute atomic E-state index is 0.115. The molecule has 120 valence electrons. The molecule has 1 aromatic carbocycles. The summed E-state index contributed by atoms with van der Waals surface area (Å²) < 4.78 is 5.63. The van der Waals surface area contributed by atoms with Crippen LogP contribution < -0.4 is 5.32 Å². The van der Waals surface area contributed by atoms with Gasteiger partial charge in [-0.05, 0) is 57.4 Å². The fourth-order valence-corrected chi connectivity index (χ4v) is 2.83. The smallest absolute Gasteiger partial charge is 0.160 e. The Balaban J connectivity index is 2.15. The molecule has 0 heterocycles. The number of allylic oxidation sites excluding steroid dienone is 1. The average Bonchev–Trinajstić information content (AvgIpc) is 3.03. The lowest BCUT2D eigenvalue weighted by Crippen LogP contribution is -2.23. The fourth-order valence-electron chi connectivity index (χ4n) is 2.83. The Morgan fingerprint density at radius 1 is 1.36 bits per heavy atom. The summed E-state index contributed by atoms with van der Waals surface area (Å²) in [6.07, 6.45) is 0.232. The van der Waals surface area contributed by atoms with E-state index in [-0.39, 0.29) is 17.9 Å². The molecule has 1 fully saturated rings. The quantitative estimate of drug-likeness (QED) is 0.599. The van der Waals surface area contributed by atoms with E-state index < -0.39 is 0 Å². The molecular formula is C19H27NO2. The number of anilines is 1. The number of benzene rings is 1. The summed E-state index contributed by atoms with van der Waals surface area (Å²) in [6, 6.07) is 6.22. The van der Waals surface area contributed by atoms with E-state index in [4.69, 9.17) is 4.74 Å². The Hall–Kier alpha value is -1.61. The molecule has 0 amide bonds. The summed E-state index contributed by atoms with van der Waals surface area (Å²) in [5.74, 6) is 0.905. The highest BCUT2D eigenvalue weighted by molar-refractivity contribution is 5.96. The molecule has 1 aliphatic rings. The molecule has 0 radical (unpaired) electrons. The van der Waals surface area contributed by atoms with E-state index in [0.29, 0.717) is 18.4 Å². The zero-order valence-electron chi connectivity index (χ0n) is 14.3. The van der Waals surface area contributed by atoms with E-state index in [9.17, 15) is 4.79 Å². The molecule has 0 spiro atoms. The van der Waals surface area contributed by atoms with Gasteiger partial charge in [0.05, 0.1) is 12.7 Å². The maximum atomic E-state index is 11.9. The normalized spacial score (nSPS) is 21.8. The van der Waals surface area contributed by atoms with Crippen molar-refractivity contribution in [1.29, 1.82) is 0 Å². The van der Waals surface area contributed by atoms with Crippen LogP contribution >= 0.6 is 0 Å². The third-order valence-corrected chi connectivity index (χ3v) is 4.23. The van der Waals surface area contributed by atoms with Gasteiger partial charge >= 0.3 is 0 Å². The van der Waals surface area contributed by atoms with Crippen LogP contribution in [0.2, 0.25) is 0 Å². The van der Waals surface area contributed by atoms with Crippen LogP contribution in [0.4, 0.5) is 5.69 Å². The first-order chi connectivity index (χ1) is 10.3. The highest BCUT2D eigenvalue weighted by Gasteiger charge is 2.41. The van der Waals surface area contributed by atoms with Gasteiger partial charge in [0.25, 0.3) is 0 Å². The first-order valence-electron chi connectivity index (χ1n) is 8.03. The first kappa shape index (κ1) is 16.8. The van der Waals surface area contributed by atoms with E-state index >= 15 is 0 Å². The second-order valence-electron chi connectivity index (χ2n) is 6.63. The maximum Gasteiger partial charge on any atom is 0.160 e. The first-order valence-corrected chi connectivity index (χ1v) is 8.03. The zero-order chi connectivity index (χ0) is 16.4. The molecule has 1 N–H and O–H groups in total. The zero-order valence-corrected chi connectivity index (χ0v) is 14.3. The Morgan fingerprint density at radius 2 is 2.00 bits per heavy atom. The van der Waals surface area contributed by atoms with Gasteiger partial charge in [0.2, 0.25) is 0 Å². The predicted molar refractivity (Wildman–Crippen MR) is 91.7 cm³/mol. The predicted octanol–water partition coefficient (Wildman–Crippen LogP) is 4.40. The number of ketones is 1. The molecule has 1 aliphatic carbocycles. The van der Waals surface area contributed by atoms with Crippen LogP contribution in [-0.2, 0) is 4.74 Å². The lowest BCUT2D eigenvalue weighted by atomic mass is 9.98. The van der Waals surface area contributed by atoms with Crippen molar-refractivity contribution in [2.75, 3.05) is 11.9 Å². The minimum atomic E-state index is 0.115. The molecule has 0 bridgehead atoms. The lowest BCUT2D eigenvalue weighted by Gasteiger charge is -2.18. The Morgan fingerprint density at radius 3 is 2.50 bits per heavy atom. The van der Waals surface area contributed by atoms with E-state index in [1.165, 1.54) is 5.57 Å². The standard InChI is InChI=1S/C19H27NO2/c1-11(2)22-10-12(3)20-16-7-8-17(15(6)21)18(9-16)19-13(4)14(19)5/h7-9,11-12,14,19-20H,4,10H2,1-3,5-6H3/t12?,14-,19?/m0/s1. The summed E-state index contributed by atoms with van der Waals surface area (Å²) in [6.45, 7) is 14.7. The number of hydrogen-bond acceptors (Lipinski definition) is 3. The third-order valence-electron chi connectivity index (χ3n) is 4.23. The summed E-state index contributed by atoms with van der Waals surface area (Å²) in [5, 5.41) is 3.45. The van der Waals surface area contributed by atoms with Crippen LogP contribution in [-0.4, -0.2) is 24.5 Å². The summed E-state index contributed by atoms with van der Waals surface area (Å²) in [7, 11) is 0. The van der Waals surface area contributed by atoms with Crippen LogP contribution in [0.25, 0.3) is 0 Å². The third kappa shape index (κ3) is 3.77. The second-order valence-corrected chi connectivity index (χ2v) is 6.63. The maximum absolute atomic E-state index is 11.9. The van der Waals surface area contributed by atoms with Crippen molar-refractivity contribution in [3.63, 3.8) is 0 Å². The molecule has 3 nitrogen and oxygen atoms in total. The van der Waals surface area contributed by atoms with Gasteiger partial charge in [-0.2, -0.15) is 0 Å². The topological polar surface area (TPSA) is 38.3 Å². The summed E-state index contributed by atoms with van der Waals surface area (Å²) >= 11 is 0. The number of carbonyl (C=O) groups is 1. The Kier molecular flexibility index (Phi) is 5.07. The molecule has 22 heavy (non-hydrogen) atoms. The molecule has 1 aromatic rings. The SMILES string of the molecule is C=C1C(c2cc(NC(C)COC(C)C)ccc2C(C)=O)[C@H]1C. The number of Topliss-reactive ketones (excluding diaryl/α,β-unsaturated/α-hetero) is 1. The van der Waals surface area contributed by atoms with Crippen molar-refractivity contribution in [1.82, 2.24) is 0 Å². The Bertz CT molecular complexity index is 577. The monoisotopic (exact) mass is 301 g/mol. The molecular weight excluding hydrogens is 274 g/mol. The Labute approximate surface area is 133 Å². The highest BCUT2D eigenvalue weighted by atomic mass is 16.5. The van der Waals surface area contributed by atoms with E-state index in [2.05, 4.69) is 31.8 Å². The van der Waals surface area contributed by atoms with Gasteiger partial charge in [-0.3, -0.25) is 4.79 Å². The van der Waals surface area contributed by atoms with E-state index in [1.807, 2.05) is 26.0 Å². The molecule has 0 aromatic heterocycles. The second kappa shape index (κ2) is 6.66. The number of rotatable bonds is 7. The van der Waals surface area contributed by atoms with Crippen LogP contribution in [0.1, 0.15) is 56.5 Å². The van der Waals surface area contributed by atoms with Crippen molar-refractivity contribution in [2.24, 2.45) is 5.92 Å². The van der Waals surface area contributed by atoms with E-state index in [1.54, 1.807) is 6.92 Å².